The number of carbonyl (C=O) groups is 3. The van der Waals surface area contributed by atoms with Gasteiger partial charge in [0, 0.05) is 32.0 Å². The lowest BCUT2D eigenvalue weighted by molar-refractivity contribution is -0.256. The first kappa shape index (κ1) is 46.1. The topological polar surface area (TPSA) is 174 Å². The molecule has 1 saturated heterocycles. The molecule has 0 aromatic heterocycles. The lowest BCUT2D eigenvalue weighted by Crippen LogP contribution is -2.59. The molecule has 0 aromatic carbocycles. The van der Waals surface area contributed by atoms with Gasteiger partial charge in [-0.2, -0.15) is 0 Å². The molecule has 2 aliphatic rings. The summed E-state index contributed by atoms with van der Waals surface area (Å²) in [6.07, 6.45) is -4.76. The Morgan fingerprint density at radius 2 is 1.75 bits per heavy atom. The number of nitrogens with zero attached hydrogens (tertiary/aromatic N) is 2. The Morgan fingerprint density at radius 1 is 1.13 bits per heavy atom. The lowest BCUT2D eigenvalue weighted by atomic mass is 9.77. The predicted octanol–water partition coefficient (Wildman–Crippen LogP) is 2.69. The van der Waals surface area contributed by atoms with Crippen LogP contribution in [0.2, 0.25) is 0 Å². The second kappa shape index (κ2) is 19.5. The minimum atomic E-state index is -1.83. The fourth-order valence-corrected chi connectivity index (χ4v) is 7.33. The van der Waals surface area contributed by atoms with Crippen molar-refractivity contribution in [2.24, 2.45) is 17.8 Å². The molecule has 52 heavy (non-hydrogen) atoms. The maximum atomic E-state index is 14.2. The Balaban J connectivity index is 2.80. The number of rotatable bonds is 12. The van der Waals surface area contributed by atoms with Crippen LogP contribution in [0.1, 0.15) is 88.5 Å². The molecule has 2 aliphatic heterocycles. The molecule has 0 bridgehead atoms. The lowest BCUT2D eigenvalue weighted by Gasteiger charge is -2.44. The normalized spacial score (nSPS) is 39.2. The highest BCUT2D eigenvalue weighted by atomic mass is 16.7. The van der Waals surface area contributed by atoms with E-state index in [1.165, 1.54) is 27.2 Å². The van der Waals surface area contributed by atoms with Gasteiger partial charge in [0.25, 0.3) is 6.29 Å². The first-order chi connectivity index (χ1) is 24.0. The summed E-state index contributed by atoms with van der Waals surface area (Å²) in [5.41, 5.74) is -3.46. The second-order valence-corrected chi connectivity index (χ2v) is 15.9. The fraction of sp³-hybridized carbons (Fsp3) is 0.868. The van der Waals surface area contributed by atoms with Crippen LogP contribution in [0.25, 0.3) is 0 Å². The minimum absolute atomic E-state index is 0.171. The van der Waals surface area contributed by atoms with Crippen molar-refractivity contribution in [2.45, 2.75) is 161 Å². The van der Waals surface area contributed by atoms with Crippen molar-refractivity contribution >= 4 is 17.5 Å². The van der Waals surface area contributed by atoms with Gasteiger partial charge in [-0.05, 0) is 94.4 Å². The smallest absolute Gasteiger partial charge is 0.311 e. The summed E-state index contributed by atoms with van der Waals surface area (Å²) in [5.74, 6) is -3.44. The standard InChI is InChI=1S/C38H68N2O12/c1-15-29-38(10,46)33(43)25(6)40(13)20-21(2)19-37(9,45)34(52-36-31(42)28(39(11)12)16-17-48-36)23(4)32(24(5)35(44)50-29)51-30(18-22(3)47-14)49-27(8)26(7)41/h16-17,21-25,27-30,32-34,36,43,45-46H,15,18-20H2,1-14H3/t21-,22?,23?,24?,25?,27?,28?,29-,30?,32+,33?,34-,36?,37?,38-/m1/s1. The highest BCUT2D eigenvalue weighted by Gasteiger charge is 2.50. The van der Waals surface area contributed by atoms with Crippen molar-refractivity contribution in [2.75, 3.05) is 34.8 Å². The van der Waals surface area contributed by atoms with Crippen LogP contribution in [-0.4, -0.2) is 150 Å². The van der Waals surface area contributed by atoms with Gasteiger partial charge in [0.15, 0.2) is 12.1 Å². The fourth-order valence-electron chi connectivity index (χ4n) is 7.33. The SMILES string of the molecule is CC[C@H]1OC(=O)C(C)[C@@H](OC(CC(C)OC)OC(C)C(C)=O)C(C)[C@@H](OC2OC=CC(N(C)C)C2=O)C(C)(O)C[C@@H](C)CN(C)C(C)C(O)[C@]1(C)O. The minimum Gasteiger partial charge on any atom is -0.465 e. The number of esters is 1. The van der Waals surface area contributed by atoms with Gasteiger partial charge < -0.3 is 48.6 Å². The van der Waals surface area contributed by atoms with E-state index in [9.17, 15) is 29.7 Å². The molecule has 2 heterocycles. The summed E-state index contributed by atoms with van der Waals surface area (Å²) in [7, 11) is 6.87. The van der Waals surface area contributed by atoms with Crippen molar-refractivity contribution in [1.29, 1.82) is 0 Å². The summed E-state index contributed by atoms with van der Waals surface area (Å²) in [4.78, 5) is 43.7. The molecule has 0 saturated carbocycles. The Labute approximate surface area is 311 Å². The van der Waals surface area contributed by atoms with E-state index in [0.29, 0.717) is 6.54 Å². The number of carbonyl (C=O) groups excluding carboxylic acids is 3. The third-order valence-electron chi connectivity index (χ3n) is 10.8. The highest BCUT2D eigenvalue weighted by molar-refractivity contribution is 5.89. The summed E-state index contributed by atoms with van der Waals surface area (Å²) in [6, 6.07) is -1.20. The molecule has 0 amide bonds. The zero-order chi connectivity index (χ0) is 39.9. The van der Waals surface area contributed by atoms with Gasteiger partial charge in [-0.3, -0.25) is 19.3 Å². The molecule has 1 fully saturated rings. The van der Waals surface area contributed by atoms with Gasteiger partial charge in [-0.1, -0.05) is 20.8 Å². The molecule has 0 spiro atoms. The van der Waals surface area contributed by atoms with E-state index in [1.54, 1.807) is 66.6 Å². The molecule has 15 atom stereocenters. The number of aliphatic hydroxyl groups excluding tert-OH is 1. The van der Waals surface area contributed by atoms with Gasteiger partial charge in [-0.25, -0.2) is 0 Å². The van der Waals surface area contributed by atoms with E-state index in [2.05, 4.69) is 0 Å². The van der Waals surface area contributed by atoms with Gasteiger partial charge in [0.2, 0.25) is 5.78 Å². The maximum absolute atomic E-state index is 14.2. The number of Topliss-reactive ketones (excluding diaryl/α,β-unsaturated/α-hetero) is 2. The molecule has 2 rings (SSSR count). The zero-order valence-corrected chi connectivity index (χ0v) is 33.9. The molecule has 0 aliphatic carbocycles. The Bertz CT molecular complexity index is 1190. The second-order valence-electron chi connectivity index (χ2n) is 15.9. The van der Waals surface area contributed by atoms with Crippen LogP contribution in [0.3, 0.4) is 0 Å². The largest absolute Gasteiger partial charge is 0.465 e. The van der Waals surface area contributed by atoms with Gasteiger partial charge in [0.05, 0.1) is 42.1 Å². The average Bonchev–Trinajstić information content (AvgIpc) is 3.06. The van der Waals surface area contributed by atoms with Gasteiger partial charge in [0.1, 0.15) is 23.9 Å². The van der Waals surface area contributed by atoms with Crippen LogP contribution >= 0.6 is 0 Å². The van der Waals surface area contributed by atoms with Crippen molar-refractivity contribution in [3.63, 3.8) is 0 Å². The Kier molecular flexibility index (Phi) is 17.3. The molecule has 3 N–H and O–H groups in total. The summed E-state index contributed by atoms with van der Waals surface area (Å²) < 4.78 is 36.4. The zero-order valence-electron chi connectivity index (χ0n) is 33.9. The van der Waals surface area contributed by atoms with Crippen LogP contribution in [0, 0.1) is 17.8 Å². The maximum Gasteiger partial charge on any atom is 0.311 e. The highest BCUT2D eigenvalue weighted by Crippen LogP contribution is 2.37. The molecule has 14 nitrogen and oxygen atoms in total. The van der Waals surface area contributed by atoms with Crippen LogP contribution < -0.4 is 0 Å². The third kappa shape index (κ3) is 11.7. The van der Waals surface area contributed by atoms with Crippen molar-refractivity contribution in [3.05, 3.63) is 12.3 Å². The van der Waals surface area contributed by atoms with E-state index in [-0.39, 0.29) is 42.9 Å². The number of likely N-dealkylation sites (N-methyl/N-ethyl adjacent to an activating group) is 2. The summed E-state index contributed by atoms with van der Waals surface area (Å²) in [5, 5.41) is 35.6. The van der Waals surface area contributed by atoms with E-state index < -0.39 is 84.2 Å². The van der Waals surface area contributed by atoms with Gasteiger partial charge in [-0.15, -0.1) is 0 Å². The Morgan fingerprint density at radius 3 is 2.29 bits per heavy atom. The molecule has 0 aromatic rings. The number of methoxy groups -OCH3 is 1. The molecule has 10 unspecified atom stereocenters. The number of hydrogen-bond acceptors (Lipinski definition) is 14. The van der Waals surface area contributed by atoms with Crippen molar-refractivity contribution < 1.29 is 58.1 Å². The van der Waals surface area contributed by atoms with Gasteiger partial charge >= 0.3 is 5.97 Å². The average molecular weight is 745 g/mol. The molecular formula is C38H68N2O12. The number of cyclic esters (lactones) is 1. The molecule has 0 radical (unpaired) electrons. The van der Waals surface area contributed by atoms with E-state index >= 15 is 0 Å². The van der Waals surface area contributed by atoms with E-state index in [1.807, 2.05) is 25.8 Å². The Hall–Kier alpha value is -2.01. The number of aliphatic hydroxyl groups is 3. The monoisotopic (exact) mass is 744 g/mol. The van der Waals surface area contributed by atoms with E-state index in [4.69, 9.17) is 28.4 Å². The number of ketones is 2. The van der Waals surface area contributed by atoms with E-state index in [0.717, 1.165) is 0 Å². The van der Waals surface area contributed by atoms with Crippen LogP contribution in [0.4, 0.5) is 0 Å². The molecule has 302 valence electrons. The van der Waals surface area contributed by atoms with Crippen molar-refractivity contribution in [1.82, 2.24) is 9.80 Å². The molecular weight excluding hydrogens is 676 g/mol. The summed E-state index contributed by atoms with van der Waals surface area (Å²) >= 11 is 0. The predicted molar refractivity (Wildman–Crippen MR) is 194 cm³/mol. The van der Waals surface area contributed by atoms with Crippen LogP contribution in [-0.2, 0) is 42.8 Å². The van der Waals surface area contributed by atoms with Crippen LogP contribution in [0.15, 0.2) is 12.3 Å². The van der Waals surface area contributed by atoms with Crippen LogP contribution in [0.5, 0.6) is 0 Å². The first-order valence-corrected chi connectivity index (χ1v) is 18.5. The molecule has 14 heteroatoms. The third-order valence-corrected chi connectivity index (χ3v) is 10.8. The number of ether oxygens (including phenoxy) is 6. The number of hydrogen-bond donors (Lipinski definition) is 3. The van der Waals surface area contributed by atoms with Crippen molar-refractivity contribution in [3.8, 4) is 0 Å². The first-order valence-electron chi connectivity index (χ1n) is 18.5. The summed E-state index contributed by atoms with van der Waals surface area (Å²) in [6.45, 7) is 17.1. The quantitative estimate of drug-likeness (QED) is 0.197.